The minimum absolute atomic E-state index is 0.241. The Balaban J connectivity index is 1.86. The molecule has 2 aromatic carbocycles. The zero-order valence-electron chi connectivity index (χ0n) is 11.8. The van der Waals surface area contributed by atoms with Crippen LogP contribution in [0.25, 0.3) is 0 Å². The molecule has 0 radical (unpaired) electrons. The van der Waals surface area contributed by atoms with Crippen LogP contribution in [0.15, 0.2) is 40.9 Å². The van der Waals surface area contributed by atoms with E-state index < -0.39 is 0 Å². The number of aryl methyl sites for hydroxylation is 1. The molecule has 0 spiro atoms. The Morgan fingerprint density at radius 2 is 2.10 bits per heavy atom. The molecule has 0 heterocycles. The summed E-state index contributed by atoms with van der Waals surface area (Å²) in [5.74, 6) is 0.660. The van der Waals surface area contributed by atoms with Crippen LogP contribution in [0.2, 0.25) is 0 Å². The number of nitrogens with one attached hydrogen (secondary N) is 1. The number of benzene rings is 2. The standard InChI is InChI=1S/C17H17BrFNO/c1-21-13-6-7-14-11(9-13)3-2-4-17(14)20-12-5-8-16(19)15(18)10-12/h5-10,17,20H,2-4H2,1H3. The van der Waals surface area contributed by atoms with Crippen LogP contribution in [0.4, 0.5) is 10.1 Å². The predicted octanol–water partition coefficient (Wildman–Crippen LogP) is 5.09. The summed E-state index contributed by atoms with van der Waals surface area (Å²) < 4.78 is 19.1. The highest BCUT2D eigenvalue weighted by molar-refractivity contribution is 9.10. The molecular weight excluding hydrogens is 333 g/mol. The van der Waals surface area contributed by atoms with Crippen molar-refractivity contribution in [1.29, 1.82) is 0 Å². The van der Waals surface area contributed by atoms with E-state index in [0.29, 0.717) is 4.47 Å². The van der Waals surface area contributed by atoms with Crippen molar-refractivity contribution < 1.29 is 9.13 Å². The summed E-state index contributed by atoms with van der Waals surface area (Å²) in [5, 5.41) is 3.51. The number of hydrogen-bond donors (Lipinski definition) is 1. The van der Waals surface area contributed by atoms with Crippen molar-refractivity contribution >= 4 is 21.6 Å². The first-order chi connectivity index (χ1) is 10.2. The van der Waals surface area contributed by atoms with Gasteiger partial charge in [0.05, 0.1) is 17.6 Å². The van der Waals surface area contributed by atoms with Crippen molar-refractivity contribution in [1.82, 2.24) is 0 Å². The van der Waals surface area contributed by atoms with E-state index in [2.05, 4.69) is 33.4 Å². The van der Waals surface area contributed by atoms with Crippen LogP contribution >= 0.6 is 15.9 Å². The van der Waals surface area contributed by atoms with E-state index in [4.69, 9.17) is 4.74 Å². The van der Waals surface area contributed by atoms with Crippen molar-refractivity contribution in [3.8, 4) is 5.75 Å². The lowest BCUT2D eigenvalue weighted by atomic mass is 9.87. The summed E-state index contributed by atoms with van der Waals surface area (Å²) in [5.41, 5.74) is 3.57. The van der Waals surface area contributed by atoms with Crippen molar-refractivity contribution in [3.63, 3.8) is 0 Å². The maximum absolute atomic E-state index is 13.3. The van der Waals surface area contributed by atoms with Gasteiger partial charge < -0.3 is 10.1 Å². The molecule has 4 heteroatoms. The summed E-state index contributed by atoms with van der Waals surface area (Å²) in [6, 6.07) is 11.5. The van der Waals surface area contributed by atoms with Crippen LogP contribution in [-0.2, 0) is 6.42 Å². The van der Waals surface area contributed by atoms with Gasteiger partial charge in [-0.2, -0.15) is 0 Å². The quantitative estimate of drug-likeness (QED) is 0.833. The fraction of sp³-hybridized carbons (Fsp3) is 0.294. The van der Waals surface area contributed by atoms with Gasteiger partial charge in [-0.25, -0.2) is 4.39 Å². The van der Waals surface area contributed by atoms with Gasteiger partial charge in [0, 0.05) is 5.69 Å². The molecule has 2 aromatic rings. The lowest BCUT2D eigenvalue weighted by molar-refractivity contribution is 0.413. The van der Waals surface area contributed by atoms with Gasteiger partial charge in [0.1, 0.15) is 11.6 Å². The number of methoxy groups -OCH3 is 1. The second-order valence-electron chi connectivity index (χ2n) is 5.28. The summed E-state index contributed by atoms with van der Waals surface area (Å²) in [4.78, 5) is 0. The lowest BCUT2D eigenvalue weighted by Gasteiger charge is -2.27. The molecule has 0 fully saturated rings. The first-order valence-electron chi connectivity index (χ1n) is 7.06. The molecule has 110 valence electrons. The molecule has 1 aliphatic carbocycles. The minimum Gasteiger partial charge on any atom is -0.497 e. The van der Waals surface area contributed by atoms with Gasteiger partial charge in [0.25, 0.3) is 0 Å². The van der Waals surface area contributed by atoms with E-state index in [9.17, 15) is 4.39 Å². The molecule has 0 bridgehead atoms. The van der Waals surface area contributed by atoms with Crippen LogP contribution in [0.1, 0.15) is 30.0 Å². The summed E-state index contributed by atoms with van der Waals surface area (Å²) in [6.07, 6.45) is 3.30. The predicted molar refractivity (Wildman–Crippen MR) is 86.4 cm³/mol. The van der Waals surface area contributed by atoms with E-state index in [-0.39, 0.29) is 11.9 Å². The maximum atomic E-state index is 13.3. The molecule has 0 saturated carbocycles. The minimum atomic E-state index is -0.241. The molecule has 0 saturated heterocycles. The van der Waals surface area contributed by atoms with Gasteiger partial charge >= 0.3 is 0 Å². The number of fused-ring (bicyclic) bond motifs is 1. The second kappa shape index (κ2) is 6.06. The first-order valence-corrected chi connectivity index (χ1v) is 7.85. The highest BCUT2D eigenvalue weighted by atomic mass is 79.9. The first kappa shape index (κ1) is 14.4. The molecule has 1 aliphatic rings. The van der Waals surface area contributed by atoms with Gasteiger partial charge in [0.2, 0.25) is 0 Å². The molecule has 1 unspecified atom stereocenters. The normalized spacial score (nSPS) is 17.2. The number of anilines is 1. The van der Waals surface area contributed by atoms with Crippen molar-refractivity contribution in [2.45, 2.75) is 25.3 Å². The third-order valence-corrected chi connectivity index (χ3v) is 4.53. The fourth-order valence-corrected chi connectivity index (χ4v) is 3.23. The number of rotatable bonds is 3. The molecule has 3 rings (SSSR count). The van der Waals surface area contributed by atoms with Crippen LogP contribution in [-0.4, -0.2) is 7.11 Å². The van der Waals surface area contributed by atoms with Crippen molar-refractivity contribution in [2.24, 2.45) is 0 Å². The Bertz CT molecular complexity index is 659. The highest BCUT2D eigenvalue weighted by Gasteiger charge is 2.20. The molecule has 0 aromatic heterocycles. The molecular formula is C17H17BrFNO. The SMILES string of the molecule is COc1ccc2c(c1)CCCC2Nc1ccc(F)c(Br)c1. The largest absolute Gasteiger partial charge is 0.497 e. The van der Waals surface area contributed by atoms with Gasteiger partial charge in [-0.15, -0.1) is 0 Å². The smallest absolute Gasteiger partial charge is 0.137 e. The fourth-order valence-electron chi connectivity index (χ4n) is 2.85. The summed E-state index contributed by atoms with van der Waals surface area (Å²) in [7, 11) is 1.69. The summed E-state index contributed by atoms with van der Waals surface area (Å²) >= 11 is 3.23. The Morgan fingerprint density at radius 1 is 1.24 bits per heavy atom. The number of ether oxygens (including phenoxy) is 1. The lowest BCUT2D eigenvalue weighted by Crippen LogP contribution is -2.17. The Hall–Kier alpha value is -1.55. The topological polar surface area (TPSA) is 21.3 Å². The van der Waals surface area contributed by atoms with Gasteiger partial charge in [-0.05, 0) is 76.7 Å². The highest BCUT2D eigenvalue weighted by Crippen LogP contribution is 2.35. The third-order valence-electron chi connectivity index (χ3n) is 3.92. The molecule has 21 heavy (non-hydrogen) atoms. The zero-order valence-corrected chi connectivity index (χ0v) is 13.4. The Kier molecular flexibility index (Phi) is 4.15. The number of hydrogen-bond acceptors (Lipinski definition) is 2. The third kappa shape index (κ3) is 3.05. The number of halogens is 2. The average Bonchev–Trinajstić information content (AvgIpc) is 2.50. The van der Waals surface area contributed by atoms with E-state index >= 15 is 0 Å². The molecule has 0 amide bonds. The van der Waals surface area contributed by atoms with Gasteiger partial charge in [0.15, 0.2) is 0 Å². The molecule has 1 N–H and O–H groups in total. The summed E-state index contributed by atoms with van der Waals surface area (Å²) in [6.45, 7) is 0. The van der Waals surface area contributed by atoms with Crippen molar-refractivity contribution in [2.75, 3.05) is 12.4 Å². The Morgan fingerprint density at radius 3 is 2.86 bits per heavy atom. The average molecular weight is 350 g/mol. The van der Waals surface area contributed by atoms with E-state index in [1.54, 1.807) is 19.2 Å². The van der Waals surface area contributed by atoms with Crippen molar-refractivity contribution in [3.05, 3.63) is 57.8 Å². The zero-order chi connectivity index (χ0) is 14.8. The van der Waals surface area contributed by atoms with Crippen LogP contribution in [0.5, 0.6) is 5.75 Å². The van der Waals surface area contributed by atoms with Crippen LogP contribution in [0, 0.1) is 5.82 Å². The van der Waals surface area contributed by atoms with Crippen LogP contribution in [0.3, 0.4) is 0 Å². The van der Waals surface area contributed by atoms with E-state index in [1.165, 1.54) is 17.2 Å². The molecule has 0 aliphatic heterocycles. The van der Waals surface area contributed by atoms with E-state index in [0.717, 1.165) is 30.7 Å². The molecule has 1 atom stereocenters. The maximum Gasteiger partial charge on any atom is 0.137 e. The van der Waals surface area contributed by atoms with Crippen LogP contribution < -0.4 is 10.1 Å². The van der Waals surface area contributed by atoms with Gasteiger partial charge in [-0.3, -0.25) is 0 Å². The molecule has 2 nitrogen and oxygen atoms in total. The Labute approximate surface area is 132 Å². The second-order valence-corrected chi connectivity index (χ2v) is 6.14. The van der Waals surface area contributed by atoms with E-state index in [1.807, 2.05) is 6.07 Å². The van der Waals surface area contributed by atoms with Gasteiger partial charge in [-0.1, -0.05) is 6.07 Å². The monoisotopic (exact) mass is 349 g/mol.